The Balaban J connectivity index is 2.15. The second kappa shape index (κ2) is 7.00. The topological polar surface area (TPSA) is 67.2 Å². The third-order valence-electron chi connectivity index (χ3n) is 4.41. The van der Waals surface area contributed by atoms with Crippen molar-refractivity contribution in [1.82, 2.24) is 19.8 Å². The van der Waals surface area contributed by atoms with Crippen molar-refractivity contribution in [3.8, 4) is 11.4 Å². The summed E-state index contributed by atoms with van der Waals surface area (Å²) in [6, 6.07) is 14.6. The standard InChI is InChI=1S/C20H22N4O2/c1-13(20(26)23(3)4)24-17-8-6-5-7-16(17)22-18(24)14-9-11-15(12-10-14)19(25)21-2/h5-13H,1-4H3,(H,21,25). The van der Waals surface area contributed by atoms with E-state index in [0.717, 1.165) is 16.6 Å². The van der Waals surface area contributed by atoms with Crippen LogP contribution < -0.4 is 5.32 Å². The number of hydrogen-bond donors (Lipinski definition) is 1. The van der Waals surface area contributed by atoms with E-state index in [4.69, 9.17) is 4.98 Å². The molecule has 3 rings (SSSR count). The van der Waals surface area contributed by atoms with E-state index in [1.54, 1.807) is 38.2 Å². The second-order valence-corrected chi connectivity index (χ2v) is 6.36. The fraction of sp³-hybridized carbons (Fsp3) is 0.250. The van der Waals surface area contributed by atoms with Gasteiger partial charge in [0.25, 0.3) is 5.91 Å². The molecule has 0 aliphatic heterocycles. The van der Waals surface area contributed by atoms with Gasteiger partial charge in [-0.05, 0) is 31.2 Å². The van der Waals surface area contributed by atoms with Crippen LogP contribution in [0.2, 0.25) is 0 Å². The van der Waals surface area contributed by atoms with Crippen molar-refractivity contribution in [2.45, 2.75) is 13.0 Å². The predicted molar refractivity (Wildman–Crippen MR) is 102 cm³/mol. The van der Waals surface area contributed by atoms with Gasteiger partial charge in [-0.3, -0.25) is 9.59 Å². The molecular weight excluding hydrogens is 328 g/mol. The molecule has 0 aliphatic rings. The van der Waals surface area contributed by atoms with Gasteiger partial charge in [0.15, 0.2) is 0 Å². The summed E-state index contributed by atoms with van der Waals surface area (Å²) in [5.41, 5.74) is 3.17. The van der Waals surface area contributed by atoms with E-state index in [0.29, 0.717) is 11.4 Å². The number of benzene rings is 2. The molecular formula is C20H22N4O2. The molecule has 0 radical (unpaired) electrons. The van der Waals surface area contributed by atoms with Crippen LogP contribution in [-0.2, 0) is 4.79 Å². The largest absolute Gasteiger partial charge is 0.355 e. The number of carbonyl (C=O) groups excluding carboxylic acids is 2. The molecule has 6 heteroatoms. The lowest BCUT2D eigenvalue weighted by Gasteiger charge is -2.21. The Bertz CT molecular complexity index is 958. The third kappa shape index (κ3) is 3.06. The van der Waals surface area contributed by atoms with E-state index in [1.807, 2.05) is 47.9 Å². The van der Waals surface area contributed by atoms with Gasteiger partial charge in [0.05, 0.1) is 11.0 Å². The summed E-state index contributed by atoms with van der Waals surface area (Å²) in [6.45, 7) is 1.87. The van der Waals surface area contributed by atoms with Crippen molar-refractivity contribution in [1.29, 1.82) is 0 Å². The van der Waals surface area contributed by atoms with Crippen molar-refractivity contribution in [2.75, 3.05) is 21.1 Å². The fourth-order valence-electron chi connectivity index (χ4n) is 3.04. The highest BCUT2D eigenvalue weighted by atomic mass is 16.2. The van der Waals surface area contributed by atoms with Crippen LogP contribution in [0.3, 0.4) is 0 Å². The average Bonchev–Trinajstić information content (AvgIpc) is 3.05. The molecule has 2 amide bonds. The number of imidazole rings is 1. The second-order valence-electron chi connectivity index (χ2n) is 6.36. The average molecular weight is 350 g/mol. The molecule has 0 saturated heterocycles. The summed E-state index contributed by atoms with van der Waals surface area (Å²) in [5.74, 6) is 0.565. The molecule has 26 heavy (non-hydrogen) atoms. The minimum atomic E-state index is -0.397. The number of fused-ring (bicyclic) bond motifs is 1. The first-order chi connectivity index (χ1) is 12.4. The van der Waals surface area contributed by atoms with Gasteiger partial charge in [-0.2, -0.15) is 0 Å². The minimum absolute atomic E-state index is 0.00335. The fourth-order valence-corrected chi connectivity index (χ4v) is 3.04. The number of hydrogen-bond acceptors (Lipinski definition) is 3. The summed E-state index contributed by atoms with van der Waals surface area (Å²) < 4.78 is 1.95. The lowest BCUT2D eigenvalue weighted by molar-refractivity contribution is -0.131. The number of nitrogens with one attached hydrogen (secondary N) is 1. The summed E-state index contributed by atoms with van der Waals surface area (Å²) in [4.78, 5) is 30.6. The van der Waals surface area contributed by atoms with Crippen LogP contribution in [-0.4, -0.2) is 47.4 Å². The highest BCUT2D eigenvalue weighted by molar-refractivity contribution is 5.94. The first kappa shape index (κ1) is 17.7. The van der Waals surface area contributed by atoms with Crippen LogP contribution in [0.15, 0.2) is 48.5 Å². The maximum Gasteiger partial charge on any atom is 0.251 e. The number of para-hydroxylation sites is 2. The van der Waals surface area contributed by atoms with E-state index < -0.39 is 6.04 Å². The maximum absolute atomic E-state index is 12.6. The number of aromatic nitrogens is 2. The van der Waals surface area contributed by atoms with Crippen LogP contribution in [0.5, 0.6) is 0 Å². The third-order valence-corrected chi connectivity index (χ3v) is 4.41. The van der Waals surface area contributed by atoms with Crippen molar-refractivity contribution in [3.05, 3.63) is 54.1 Å². The monoisotopic (exact) mass is 350 g/mol. The Labute approximate surface area is 152 Å². The summed E-state index contributed by atoms with van der Waals surface area (Å²) >= 11 is 0. The lowest BCUT2D eigenvalue weighted by atomic mass is 10.1. The summed E-state index contributed by atoms with van der Waals surface area (Å²) in [7, 11) is 5.09. The van der Waals surface area contributed by atoms with Gasteiger partial charge in [-0.25, -0.2) is 4.98 Å². The number of nitrogens with zero attached hydrogens (tertiary/aromatic N) is 3. The highest BCUT2D eigenvalue weighted by Gasteiger charge is 2.23. The van der Waals surface area contributed by atoms with E-state index >= 15 is 0 Å². The Hall–Kier alpha value is -3.15. The Morgan fingerprint density at radius 2 is 1.73 bits per heavy atom. The Kier molecular flexibility index (Phi) is 4.75. The molecule has 0 aliphatic carbocycles. The molecule has 0 bridgehead atoms. The van der Waals surface area contributed by atoms with Gasteiger partial charge < -0.3 is 14.8 Å². The van der Waals surface area contributed by atoms with Gasteiger partial charge >= 0.3 is 0 Å². The van der Waals surface area contributed by atoms with Crippen molar-refractivity contribution >= 4 is 22.8 Å². The van der Waals surface area contributed by atoms with Gasteiger partial charge in [-0.1, -0.05) is 24.3 Å². The molecule has 0 spiro atoms. The van der Waals surface area contributed by atoms with E-state index in [9.17, 15) is 9.59 Å². The molecule has 1 atom stereocenters. The summed E-state index contributed by atoms with van der Waals surface area (Å²) in [5, 5.41) is 2.61. The number of carbonyl (C=O) groups is 2. The van der Waals surface area contributed by atoms with E-state index in [2.05, 4.69) is 5.32 Å². The lowest BCUT2D eigenvalue weighted by Crippen LogP contribution is -2.30. The zero-order chi connectivity index (χ0) is 18.8. The minimum Gasteiger partial charge on any atom is -0.355 e. The highest BCUT2D eigenvalue weighted by Crippen LogP contribution is 2.29. The molecule has 1 aromatic heterocycles. The Morgan fingerprint density at radius 3 is 2.35 bits per heavy atom. The van der Waals surface area contributed by atoms with E-state index in [-0.39, 0.29) is 11.8 Å². The number of amides is 2. The molecule has 3 aromatic rings. The number of likely N-dealkylation sites (N-methyl/N-ethyl adjacent to an activating group) is 1. The van der Waals surface area contributed by atoms with E-state index in [1.165, 1.54) is 0 Å². The van der Waals surface area contributed by atoms with Crippen molar-refractivity contribution in [3.63, 3.8) is 0 Å². The zero-order valence-corrected chi connectivity index (χ0v) is 15.4. The zero-order valence-electron chi connectivity index (χ0n) is 15.4. The van der Waals surface area contributed by atoms with Gasteiger partial charge in [0.1, 0.15) is 11.9 Å². The maximum atomic E-state index is 12.6. The first-order valence-electron chi connectivity index (χ1n) is 8.44. The quantitative estimate of drug-likeness (QED) is 0.787. The van der Waals surface area contributed by atoms with Crippen LogP contribution in [0.25, 0.3) is 22.4 Å². The summed E-state index contributed by atoms with van der Waals surface area (Å²) in [6.07, 6.45) is 0. The molecule has 0 saturated carbocycles. The van der Waals surface area contributed by atoms with Gasteiger partial charge in [0.2, 0.25) is 5.91 Å². The van der Waals surface area contributed by atoms with Crippen molar-refractivity contribution in [2.24, 2.45) is 0 Å². The molecule has 0 fully saturated rings. The molecule has 1 heterocycles. The molecule has 1 unspecified atom stereocenters. The first-order valence-corrected chi connectivity index (χ1v) is 8.44. The van der Waals surface area contributed by atoms with Gasteiger partial charge in [0, 0.05) is 32.3 Å². The van der Waals surface area contributed by atoms with Gasteiger partial charge in [-0.15, -0.1) is 0 Å². The SMILES string of the molecule is CNC(=O)c1ccc(-c2nc3ccccc3n2C(C)C(=O)N(C)C)cc1. The smallest absolute Gasteiger partial charge is 0.251 e. The van der Waals surface area contributed by atoms with Crippen LogP contribution in [0, 0.1) is 0 Å². The molecule has 6 nitrogen and oxygen atoms in total. The van der Waals surface area contributed by atoms with Crippen LogP contribution in [0.4, 0.5) is 0 Å². The van der Waals surface area contributed by atoms with Crippen LogP contribution >= 0.6 is 0 Å². The molecule has 134 valence electrons. The number of rotatable bonds is 4. The molecule has 2 aromatic carbocycles. The van der Waals surface area contributed by atoms with Crippen LogP contribution in [0.1, 0.15) is 23.3 Å². The predicted octanol–water partition coefficient (Wildman–Crippen LogP) is 2.71. The van der Waals surface area contributed by atoms with Crippen molar-refractivity contribution < 1.29 is 9.59 Å². The Morgan fingerprint density at radius 1 is 1.08 bits per heavy atom. The molecule has 1 N–H and O–H groups in total. The normalized spacial score (nSPS) is 12.0.